The van der Waals surface area contributed by atoms with E-state index in [1.807, 2.05) is 0 Å². The largest absolute Gasteiger partial charge is 0.333 e. The smallest absolute Gasteiger partial charge is 0.231 e. The zero-order chi connectivity index (χ0) is 22.7. The van der Waals surface area contributed by atoms with Crippen molar-refractivity contribution in [2.45, 2.75) is 19.1 Å². The van der Waals surface area contributed by atoms with Crippen LogP contribution >= 0.6 is 11.6 Å². The van der Waals surface area contributed by atoms with E-state index < -0.39 is 23.8 Å². The van der Waals surface area contributed by atoms with Crippen LogP contribution < -0.4 is 5.32 Å². The Morgan fingerprint density at radius 3 is 2.94 bits per heavy atom. The van der Waals surface area contributed by atoms with Crippen LogP contribution in [0, 0.1) is 11.7 Å². The Morgan fingerprint density at radius 1 is 1.33 bits per heavy atom. The molecule has 1 amide bonds. The number of aromatic nitrogens is 7. The summed E-state index contributed by atoms with van der Waals surface area (Å²) in [5, 5.41) is 10.1. The minimum atomic E-state index is -1.10. The van der Waals surface area contributed by atoms with Gasteiger partial charge in [0.1, 0.15) is 12.0 Å². The van der Waals surface area contributed by atoms with Crippen LogP contribution in [0.3, 0.4) is 0 Å². The Hall–Kier alpha value is -3.86. The number of imidazole rings is 2. The van der Waals surface area contributed by atoms with Crippen LogP contribution in [-0.4, -0.2) is 46.2 Å². The fourth-order valence-electron chi connectivity index (χ4n) is 3.88. The number of nitrogens with zero attached hydrogens (tertiary/aromatic N) is 6. The maximum atomic E-state index is 15.4. The average Bonchev–Trinajstić information content (AvgIpc) is 3.22. The molecule has 2 atom stereocenters. The Bertz CT molecular complexity index is 1530. The van der Waals surface area contributed by atoms with Crippen LogP contribution in [0.15, 0.2) is 43.5 Å². The van der Waals surface area contributed by atoms with Crippen molar-refractivity contribution < 1.29 is 13.6 Å². The maximum absolute atomic E-state index is 15.4. The number of carbonyl (C=O) groups is 1. The number of alkyl halides is 1. The highest BCUT2D eigenvalue weighted by Gasteiger charge is 2.43. The van der Waals surface area contributed by atoms with Crippen molar-refractivity contribution in [1.29, 1.82) is 0 Å². The summed E-state index contributed by atoms with van der Waals surface area (Å²) in [4.78, 5) is 24.7. The van der Waals surface area contributed by atoms with E-state index in [1.165, 1.54) is 6.20 Å². The number of benzene rings is 1. The number of rotatable bonds is 5. The number of aromatic amines is 1. The van der Waals surface area contributed by atoms with Crippen LogP contribution in [0.2, 0.25) is 5.02 Å². The molecular weight excluding hydrogens is 454 g/mol. The topological polar surface area (TPSA) is 106 Å². The summed E-state index contributed by atoms with van der Waals surface area (Å²) in [6.45, 7) is 0.225. The third-order valence-electron chi connectivity index (χ3n) is 5.69. The predicted octanol–water partition coefficient (Wildman–Crippen LogP) is 3.61. The van der Waals surface area contributed by atoms with Gasteiger partial charge in [-0.05, 0) is 6.42 Å². The quantitative estimate of drug-likeness (QED) is 0.410. The fourth-order valence-corrected chi connectivity index (χ4v) is 4.19. The van der Waals surface area contributed by atoms with E-state index in [9.17, 15) is 9.18 Å². The summed E-state index contributed by atoms with van der Waals surface area (Å²) in [5.41, 5.74) is 2.10. The normalized spacial score (nSPS) is 17.7. The van der Waals surface area contributed by atoms with Crippen LogP contribution in [0.1, 0.15) is 12.0 Å². The van der Waals surface area contributed by atoms with Crippen molar-refractivity contribution in [3.63, 3.8) is 0 Å². The van der Waals surface area contributed by atoms with Crippen molar-refractivity contribution in [2.24, 2.45) is 5.92 Å². The zero-order valence-electron chi connectivity index (χ0n) is 16.8. The lowest BCUT2D eigenvalue weighted by molar-refractivity contribution is -0.117. The highest BCUT2D eigenvalue weighted by molar-refractivity contribution is 6.35. The van der Waals surface area contributed by atoms with Gasteiger partial charge in [-0.3, -0.25) is 14.9 Å². The van der Waals surface area contributed by atoms with Crippen LogP contribution in [-0.2, 0) is 11.3 Å². The zero-order valence-corrected chi connectivity index (χ0v) is 17.6. The Labute approximate surface area is 189 Å². The van der Waals surface area contributed by atoms with Gasteiger partial charge >= 0.3 is 0 Å². The van der Waals surface area contributed by atoms with Gasteiger partial charge in [0.15, 0.2) is 11.5 Å². The van der Waals surface area contributed by atoms with Gasteiger partial charge in [0.2, 0.25) is 5.91 Å². The predicted molar refractivity (Wildman–Crippen MR) is 116 cm³/mol. The maximum Gasteiger partial charge on any atom is 0.231 e. The van der Waals surface area contributed by atoms with E-state index in [1.54, 1.807) is 46.3 Å². The third kappa shape index (κ3) is 3.32. The van der Waals surface area contributed by atoms with Crippen molar-refractivity contribution in [3.05, 3.63) is 59.9 Å². The number of H-pyrrole nitrogens is 1. The molecule has 33 heavy (non-hydrogen) atoms. The van der Waals surface area contributed by atoms with Crippen molar-refractivity contribution in [1.82, 2.24) is 34.1 Å². The standard InChI is InChI=1S/C21H15ClF2N8O/c22-18-17(11-4-27-30-20(11)12(19(18)24)6-31-2-1-25-9-31)14-7-32-8-15(28-16(32)5-26-14)29-21(33)10-3-13(10)23/h1-2,4-5,7-10,13H,3,6H2,(H,27,30)(H,29,33). The number of amides is 1. The number of carbonyl (C=O) groups excluding carboxylic acids is 1. The Morgan fingerprint density at radius 2 is 2.18 bits per heavy atom. The van der Waals surface area contributed by atoms with E-state index in [2.05, 4.69) is 30.5 Å². The average molecular weight is 469 g/mol. The van der Waals surface area contributed by atoms with Gasteiger partial charge in [-0.25, -0.2) is 18.7 Å². The second-order valence-corrected chi connectivity index (χ2v) is 8.26. The molecular formula is C21H15ClF2N8O. The minimum Gasteiger partial charge on any atom is -0.333 e. The lowest BCUT2D eigenvalue weighted by Gasteiger charge is -2.12. The van der Waals surface area contributed by atoms with Crippen molar-refractivity contribution >= 4 is 39.9 Å². The number of fused-ring (bicyclic) bond motifs is 2. The Kier molecular flexibility index (Phi) is 4.40. The van der Waals surface area contributed by atoms with Gasteiger partial charge in [0.05, 0.1) is 53.6 Å². The summed E-state index contributed by atoms with van der Waals surface area (Å²) in [6, 6.07) is 0. The first kappa shape index (κ1) is 19.8. The molecule has 12 heteroatoms. The number of hydrogen-bond acceptors (Lipinski definition) is 5. The summed E-state index contributed by atoms with van der Waals surface area (Å²) in [6.07, 6.45) is 10.3. The highest BCUT2D eigenvalue weighted by Crippen LogP contribution is 2.39. The third-order valence-corrected chi connectivity index (χ3v) is 6.04. The van der Waals surface area contributed by atoms with Crippen LogP contribution in [0.5, 0.6) is 0 Å². The lowest BCUT2D eigenvalue weighted by Crippen LogP contribution is -2.15. The van der Waals surface area contributed by atoms with E-state index in [0.29, 0.717) is 33.4 Å². The molecule has 166 valence electrons. The minimum absolute atomic E-state index is 0.0813. The molecule has 6 rings (SSSR count). The first-order valence-electron chi connectivity index (χ1n) is 10.1. The molecule has 1 fully saturated rings. The molecule has 4 heterocycles. The lowest BCUT2D eigenvalue weighted by atomic mass is 10.0. The summed E-state index contributed by atoms with van der Waals surface area (Å²) >= 11 is 6.49. The molecule has 1 saturated carbocycles. The van der Waals surface area contributed by atoms with Gasteiger partial charge in [-0.2, -0.15) is 5.10 Å². The molecule has 5 aromatic rings. The molecule has 0 bridgehead atoms. The molecule has 0 aliphatic heterocycles. The first-order valence-corrected chi connectivity index (χ1v) is 10.5. The SMILES string of the molecule is O=C(Nc1cn2cc(-c3c(Cl)c(F)c(Cn4ccnc4)c4[nH]ncc34)ncc2n1)C1CC1F. The van der Waals surface area contributed by atoms with E-state index in [0.717, 1.165) is 0 Å². The van der Waals surface area contributed by atoms with Gasteiger partial charge in [-0.1, -0.05) is 11.6 Å². The van der Waals surface area contributed by atoms with Gasteiger partial charge in [0.25, 0.3) is 0 Å². The summed E-state index contributed by atoms with van der Waals surface area (Å²) < 4.78 is 31.9. The first-order chi connectivity index (χ1) is 16.0. The number of nitrogens with one attached hydrogen (secondary N) is 2. The molecule has 2 N–H and O–H groups in total. The number of hydrogen-bond donors (Lipinski definition) is 2. The van der Waals surface area contributed by atoms with E-state index in [-0.39, 0.29) is 23.8 Å². The summed E-state index contributed by atoms with van der Waals surface area (Å²) in [5.74, 6) is -1.33. The molecule has 9 nitrogen and oxygen atoms in total. The van der Waals surface area contributed by atoms with E-state index in [4.69, 9.17) is 11.6 Å². The molecule has 0 radical (unpaired) electrons. The molecule has 1 aliphatic rings. The molecule has 1 aliphatic carbocycles. The highest BCUT2D eigenvalue weighted by atomic mass is 35.5. The second kappa shape index (κ2) is 7.34. The van der Waals surface area contributed by atoms with Gasteiger partial charge in [0, 0.05) is 35.1 Å². The van der Waals surface area contributed by atoms with Gasteiger partial charge in [-0.15, -0.1) is 0 Å². The fraction of sp³-hybridized carbons (Fsp3) is 0.190. The van der Waals surface area contributed by atoms with Crippen molar-refractivity contribution in [3.8, 4) is 11.3 Å². The molecule has 4 aromatic heterocycles. The molecule has 0 spiro atoms. The summed E-state index contributed by atoms with van der Waals surface area (Å²) in [7, 11) is 0. The van der Waals surface area contributed by atoms with E-state index >= 15 is 4.39 Å². The van der Waals surface area contributed by atoms with Crippen LogP contribution in [0.25, 0.3) is 27.8 Å². The monoisotopic (exact) mass is 468 g/mol. The number of anilines is 1. The second-order valence-electron chi connectivity index (χ2n) is 7.89. The Balaban J connectivity index is 1.41. The molecule has 1 aromatic carbocycles. The van der Waals surface area contributed by atoms with Gasteiger partial charge < -0.3 is 14.3 Å². The van der Waals surface area contributed by atoms with Crippen molar-refractivity contribution in [2.75, 3.05) is 5.32 Å². The van der Waals surface area contributed by atoms with Crippen LogP contribution in [0.4, 0.5) is 14.6 Å². The molecule has 2 unspecified atom stereocenters. The molecule has 0 saturated heterocycles. The number of halogens is 3.